The molecule has 34 heavy (non-hydrogen) atoms. The van der Waals surface area contributed by atoms with Gasteiger partial charge in [0.2, 0.25) is 0 Å². The highest BCUT2D eigenvalue weighted by Crippen LogP contribution is 2.19. The summed E-state index contributed by atoms with van der Waals surface area (Å²) < 4.78 is 9.31. The second kappa shape index (κ2) is 13.3. The molecular weight excluding hydrogens is 452 g/mol. The van der Waals surface area contributed by atoms with E-state index in [4.69, 9.17) is 5.11 Å². The zero-order valence-electron chi connectivity index (χ0n) is 17.9. The second-order valence-electron chi connectivity index (χ2n) is 6.89. The van der Waals surface area contributed by atoms with Crippen molar-refractivity contribution in [2.75, 3.05) is 26.6 Å². The highest BCUT2D eigenvalue weighted by molar-refractivity contribution is 5.89. The molecule has 0 bridgehead atoms. The molecule has 13 nitrogen and oxygen atoms in total. The number of nitrogens with zero attached hydrogens (tertiary/aromatic N) is 4. The third-order valence-corrected chi connectivity index (χ3v) is 4.31. The molecule has 0 amide bonds. The predicted octanol–water partition coefficient (Wildman–Crippen LogP) is -0.00970. The molecule has 0 saturated carbocycles. The molecule has 0 unspecified atom stereocenters. The number of carbonyl (C=O) groups is 5. The van der Waals surface area contributed by atoms with Crippen molar-refractivity contribution in [2.24, 2.45) is 0 Å². The van der Waals surface area contributed by atoms with Crippen molar-refractivity contribution in [1.82, 2.24) is 19.8 Å². The van der Waals surface area contributed by atoms with E-state index in [0.29, 0.717) is 23.4 Å². The summed E-state index contributed by atoms with van der Waals surface area (Å²) in [6, 6.07) is 7.53. The van der Waals surface area contributed by atoms with Crippen molar-refractivity contribution in [1.29, 1.82) is 0 Å². The largest absolute Gasteiger partial charge is 0.480 e. The van der Waals surface area contributed by atoms with Crippen molar-refractivity contribution in [3.05, 3.63) is 47.3 Å². The van der Waals surface area contributed by atoms with Gasteiger partial charge in [0.25, 0.3) is 12.9 Å². The summed E-state index contributed by atoms with van der Waals surface area (Å²) in [5.74, 6) is -2.32. The highest BCUT2D eigenvalue weighted by atomic mass is 16.5. The van der Waals surface area contributed by atoms with Crippen molar-refractivity contribution < 1.29 is 43.7 Å². The molecule has 0 atom stereocenters. The van der Waals surface area contributed by atoms with Gasteiger partial charge in [-0.2, -0.15) is 0 Å². The zero-order valence-corrected chi connectivity index (χ0v) is 17.9. The van der Waals surface area contributed by atoms with Gasteiger partial charge < -0.3 is 24.5 Å². The number of pyridine rings is 2. The first-order chi connectivity index (χ1) is 16.4. The molecule has 0 spiro atoms. The van der Waals surface area contributed by atoms with E-state index in [9.17, 15) is 29.1 Å². The van der Waals surface area contributed by atoms with Crippen LogP contribution >= 0.6 is 0 Å². The third kappa shape index (κ3) is 8.37. The topological polar surface area (TPSA) is 177 Å². The summed E-state index contributed by atoms with van der Waals surface area (Å²) in [6.07, 6.45) is 0.609. The minimum absolute atomic E-state index is 0.0236. The maximum absolute atomic E-state index is 11.6. The fourth-order valence-electron chi connectivity index (χ4n) is 2.97. The lowest BCUT2D eigenvalue weighted by Crippen LogP contribution is -2.31. The number of rotatable bonds is 16. The summed E-state index contributed by atoms with van der Waals surface area (Å²) >= 11 is 0. The average Bonchev–Trinajstić information content (AvgIpc) is 2.80. The molecule has 13 heteroatoms. The number of aldehydes is 1. The fourth-order valence-corrected chi connectivity index (χ4v) is 2.97. The molecule has 0 radical (unpaired) electrons. The van der Waals surface area contributed by atoms with E-state index < -0.39 is 18.5 Å². The van der Waals surface area contributed by atoms with Crippen LogP contribution in [0, 0.1) is 0 Å². The van der Waals surface area contributed by atoms with Crippen LogP contribution < -0.4 is 0 Å². The van der Waals surface area contributed by atoms with Gasteiger partial charge in [0, 0.05) is 13.1 Å². The molecule has 0 aliphatic carbocycles. The summed E-state index contributed by atoms with van der Waals surface area (Å²) in [7, 11) is 0. The Kier molecular flexibility index (Phi) is 10.2. The minimum atomic E-state index is -1.20. The van der Waals surface area contributed by atoms with E-state index in [-0.39, 0.29) is 57.3 Å². The van der Waals surface area contributed by atoms with Crippen LogP contribution in [-0.4, -0.2) is 87.7 Å². The second-order valence-corrected chi connectivity index (χ2v) is 6.89. The van der Waals surface area contributed by atoms with E-state index in [0.717, 1.165) is 0 Å². The Bertz CT molecular complexity index is 1030. The average molecular weight is 474 g/mol. The van der Waals surface area contributed by atoms with Gasteiger partial charge in [-0.25, -0.2) is 14.8 Å². The van der Waals surface area contributed by atoms with Gasteiger partial charge in [-0.3, -0.25) is 24.2 Å². The molecule has 2 N–H and O–H groups in total. The molecule has 0 fully saturated rings. The quantitative estimate of drug-likeness (QED) is 0.245. The zero-order chi connectivity index (χ0) is 24.9. The summed E-state index contributed by atoms with van der Waals surface area (Å²) in [6.45, 7) is -0.417. The number of carbonyl (C=O) groups excluding carboxylic acids is 3. The van der Waals surface area contributed by atoms with E-state index >= 15 is 0 Å². The molecule has 2 heterocycles. The molecule has 0 saturated heterocycles. The highest BCUT2D eigenvalue weighted by Gasteiger charge is 2.16. The number of aromatic carboxylic acids is 1. The van der Waals surface area contributed by atoms with Gasteiger partial charge in [0.1, 0.15) is 19.7 Å². The van der Waals surface area contributed by atoms with E-state index in [2.05, 4.69) is 19.4 Å². The van der Waals surface area contributed by atoms with Crippen LogP contribution in [0.25, 0.3) is 11.4 Å². The number of hydrogen-bond acceptors (Lipinski definition) is 11. The van der Waals surface area contributed by atoms with Crippen LogP contribution in [0.4, 0.5) is 0 Å². The monoisotopic (exact) mass is 474 g/mol. The lowest BCUT2D eigenvalue weighted by Gasteiger charge is -2.19. The van der Waals surface area contributed by atoms with Crippen LogP contribution in [-0.2, 0) is 41.7 Å². The molecular formula is C21H22N4O9. The maximum Gasteiger partial charge on any atom is 0.335 e. The van der Waals surface area contributed by atoms with Gasteiger partial charge in [0.05, 0.1) is 41.4 Å². The Morgan fingerprint density at radius 1 is 0.882 bits per heavy atom. The van der Waals surface area contributed by atoms with Gasteiger partial charge in [0.15, 0.2) is 0 Å². The molecule has 2 aromatic rings. The predicted molar refractivity (Wildman–Crippen MR) is 113 cm³/mol. The Hall–Kier alpha value is -4.23. The smallest absolute Gasteiger partial charge is 0.335 e. The number of carboxylic acid groups (broad SMARTS) is 2. The van der Waals surface area contributed by atoms with Gasteiger partial charge in [-0.05, 0) is 24.3 Å². The summed E-state index contributed by atoms with van der Waals surface area (Å²) in [5.41, 5.74) is 1.21. The third-order valence-electron chi connectivity index (χ3n) is 4.31. The Labute approximate surface area is 193 Å². The number of hydrogen-bond donors (Lipinski definition) is 2. The van der Waals surface area contributed by atoms with Crippen LogP contribution in [0.5, 0.6) is 0 Å². The van der Waals surface area contributed by atoms with Crippen molar-refractivity contribution >= 4 is 31.2 Å². The number of carboxylic acids is 2. The van der Waals surface area contributed by atoms with E-state index in [1.807, 2.05) is 0 Å². The van der Waals surface area contributed by atoms with Crippen molar-refractivity contribution in [3.63, 3.8) is 0 Å². The van der Waals surface area contributed by atoms with Gasteiger partial charge >= 0.3 is 11.9 Å². The fraction of sp³-hybridized carbons (Fsp3) is 0.286. The van der Waals surface area contributed by atoms with Crippen molar-refractivity contribution in [3.8, 4) is 11.4 Å². The molecule has 0 aromatic carbocycles. The van der Waals surface area contributed by atoms with Crippen LogP contribution in [0.15, 0.2) is 30.3 Å². The molecule has 2 aromatic heterocycles. The van der Waals surface area contributed by atoms with Crippen LogP contribution in [0.1, 0.15) is 21.7 Å². The van der Waals surface area contributed by atoms with Crippen molar-refractivity contribution in [2.45, 2.75) is 13.1 Å². The Balaban J connectivity index is 2.35. The number of aliphatic carboxylic acids is 1. The summed E-state index contributed by atoms with van der Waals surface area (Å²) in [5, 5.41) is 18.6. The maximum atomic E-state index is 11.6. The Morgan fingerprint density at radius 2 is 1.53 bits per heavy atom. The molecule has 180 valence electrons. The first-order valence-corrected chi connectivity index (χ1v) is 9.77. The number of ether oxygens (including phenoxy) is 2. The molecule has 0 aliphatic rings. The number of aromatic nitrogens is 2. The standard InChI is InChI=1S/C21H22N4O9/c26-5-4-24(11-33-13-27)9-17-6-15(21(31)32)7-19(23-17)18-3-1-2-16(22-18)8-25(10-20(29)30)12-34-14-28/h1-3,5-7,13-14H,4,8-12H2,(H,29,30)(H,31,32). The van der Waals surface area contributed by atoms with Gasteiger partial charge in [-0.1, -0.05) is 6.07 Å². The molecule has 0 aliphatic heterocycles. The van der Waals surface area contributed by atoms with E-state index in [1.165, 1.54) is 21.9 Å². The first-order valence-electron chi connectivity index (χ1n) is 9.77. The summed E-state index contributed by atoms with van der Waals surface area (Å²) in [4.78, 5) is 66.2. The SMILES string of the molecule is O=CCN(COC=O)Cc1cc(C(=O)O)cc(-c2cccc(CN(COC=O)CC(=O)O)n2)n1. The van der Waals surface area contributed by atoms with Crippen LogP contribution in [0.2, 0.25) is 0 Å². The lowest BCUT2D eigenvalue weighted by atomic mass is 10.1. The Morgan fingerprint density at radius 3 is 2.15 bits per heavy atom. The molecule has 2 rings (SSSR count). The van der Waals surface area contributed by atoms with Crippen LogP contribution in [0.3, 0.4) is 0 Å². The minimum Gasteiger partial charge on any atom is -0.480 e. The lowest BCUT2D eigenvalue weighted by molar-refractivity contribution is -0.143. The normalized spacial score (nSPS) is 10.6. The van der Waals surface area contributed by atoms with Gasteiger partial charge in [-0.15, -0.1) is 0 Å². The van der Waals surface area contributed by atoms with E-state index in [1.54, 1.807) is 18.2 Å². The first kappa shape index (κ1) is 26.0.